The van der Waals surface area contributed by atoms with Crippen LogP contribution in [0.1, 0.15) is 39.0 Å². The van der Waals surface area contributed by atoms with Crippen LogP contribution in [-0.2, 0) is 0 Å². The van der Waals surface area contributed by atoms with Gasteiger partial charge in [-0.25, -0.2) is 0 Å². The maximum absolute atomic E-state index is 11.1. The normalized spacial score (nSPS) is 23.2. The molecule has 2 unspecified atom stereocenters. The van der Waals surface area contributed by atoms with Gasteiger partial charge < -0.3 is 5.32 Å². The molecule has 1 aliphatic rings. The standard InChI is InChI=1S/C15H22N2O2S/c1-2-16-12-8-4-3-5-10-14(12)20-15-11-7-6-9-13(15)17(18)19/h6-7,9,11-12,14,16H,2-5,8,10H2,1H3. The lowest BCUT2D eigenvalue weighted by molar-refractivity contribution is -0.387. The summed E-state index contributed by atoms with van der Waals surface area (Å²) >= 11 is 1.68. The molecule has 1 aliphatic carbocycles. The highest BCUT2D eigenvalue weighted by Gasteiger charge is 2.26. The average molecular weight is 294 g/mol. The molecule has 2 atom stereocenters. The Hall–Kier alpha value is -1.07. The van der Waals surface area contributed by atoms with E-state index in [9.17, 15) is 10.1 Å². The summed E-state index contributed by atoms with van der Waals surface area (Å²) in [6.07, 6.45) is 6.06. The molecule has 110 valence electrons. The van der Waals surface area contributed by atoms with Crippen molar-refractivity contribution in [1.82, 2.24) is 5.32 Å². The van der Waals surface area contributed by atoms with Gasteiger partial charge in [0.1, 0.15) is 0 Å². The second-order valence-electron chi connectivity index (χ2n) is 5.18. The Morgan fingerprint density at radius 1 is 1.30 bits per heavy atom. The Morgan fingerprint density at radius 3 is 2.80 bits per heavy atom. The maximum Gasteiger partial charge on any atom is 0.282 e. The molecule has 0 aliphatic heterocycles. The van der Waals surface area contributed by atoms with Crippen LogP contribution < -0.4 is 5.32 Å². The van der Waals surface area contributed by atoms with E-state index < -0.39 is 0 Å². The summed E-state index contributed by atoms with van der Waals surface area (Å²) in [6, 6.07) is 7.55. The molecule has 1 aromatic rings. The van der Waals surface area contributed by atoms with Gasteiger partial charge in [0, 0.05) is 17.4 Å². The third-order valence-electron chi connectivity index (χ3n) is 3.76. The van der Waals surface area contributed by atoms with Crippen LogP contribution in [0.25, 0.3) is 0 Å². The van der Waals surface area contributed by atoms with Crippen LogP contribution in [0.15, 0.2) is 29.2 Å². The van der Waals surface area contributed by atoms with Gasteiger partial charge in [-0.15, -0.1) is 11.8 Å². The third-order valence-corrected chi connectivity index (χ3v) is 5.23. The van der Waals surface area contributed by atoms with Crippen molar-refractivity contribution < 1.29 is 4.92 Å². The van der Waals surface area contributed by atoms with E-state index in [1.165, 1.54) is 25.7 Å². The van der Waals surface area contributed by atoms with Crippen LogP contribution in [0, 0.1) is 10.1 Å². The molecule has 0 saturated heterocycles. The number of hydrogen-bond donors (Lipinski definition) is 1. The molecule has 0 heterocycles. The number of hydrogen-bond acceptors (Lipinski definition) is 4. The zero-order valence-corrected chi connectivity index (χ0v) is 12.7. The molecule has 0 bridgehead atoms. The van der Waals surface area contributed by atoms with Gasteiger partial charge in [0.05, 0.1) is 9.82 Å². The highest BCUT2D eigenvalue weighted by molar-refractivity contribution is 8.00. The first-order chi connectivity index (χ1) is 9.72. The van der Waals surface area contributed by atoms with Crippen molar-refractivity contribution in [3.05, 3.63) is 34.4 Å². The van der Waals surface area contributed by atoms with Crippen LogP contribution in [0.3, 0.4) is 0 Å². The molecule has 1 N–H and O–H groups in total. The fourth-order valence-corrected chi connectivity index (χ4v) is 4.21. The first kappa shape index (κ1) is 15.3. The van der Waals surface area contributed by atoms with E-state index in [4.69, 9.17) is 0 Å². The molecule has 1 saturated carbocycles. The molecule has 0 radical (unpaired) electrons. The van der Waals surface area contributed by atoms with Crippen LogP contribution in [0.2, 0.25) is 0 Å². The van der Waals surface area contributed by atoms with Crippen molar-refractivity contribution in [2.75, 3.05) is 6.54 Å². The minimum Gasteiger partial charge on any atom is -0.313 e. The fraction of sp³-hybridized carbons (Fsp3) is 0.600. The van der Waals surface area contributed by atoms with Gasteiger partial charge in [0.2, 0.25) is 0 Å². The number of nitro benzene ring substituents is 1. The van der Waals surface area contributed by atoms with Crippen LogP contribution in [0.5, 0.6) is 0 Å². The molecule has 0 aromatic heterocycles. The SMILES string of the molecule is CCNC1CCCCCC1Sc1ccccc1[N+](=O)[O-]. The Kier molecular flexibility index (Phi) is 5.86. The van der Waals surface area contributed by atoms with E-state index in [2.05, 4.69) is 12.2 Å². The summed E-state index contributed by atoms with van der Waals surface area (Å²) in [5, 5.41) is 15.1. The van der Waals surface area contributed by atoms with Crippen molar-refractivity contribution in [2.24, 2.45) is 0 Å². The quantitative estimate of drug-likeness (QED) is 0.506. The van der Waals surface area contributed by atoms with E-state index >= 15 is 0 Å². The lowest BCUT2D eigenvalue weighted by Gasteiger charge is -2.25. The molecular weight excluding hydrogens is 272 g/mol. The molecular formula is C15H22N2O2S. The van der Waals surface area contributed by atoms with Gasteiger partial charge in [-0.2, -0.15) is 0 Å². The molecule has 5 heteroatoms. The van der Waals surface area contributed by atoms with E-state index in [-0.39, 0.29) is 10.6 Å². The van der Waals surface area contributed by atoms with Crippen LogP contribution in [-0.4, -0.2) is 22.8 Å². The summed E-state index contributed by atoms with van der Waals surface area (Å²) in [5.41, 5.74) is 0.233. The predicted molar refractivity (Wildman–Crippen MR) is 83.3 cm³/mol. The van der Waals surface area contributed by atoms with Gasteiger partial charge >= 0.3 is 0 Å². The largest absolute Gasteiger partial charge is 0.313 e. The van der Waals surface area contributed by atoms with E-state index in [1.807, 2.05) is 12.1 Å². The summed E-state index contributed by atoms with van der Waals surface area (Å²) in [7, 11) is 0. The Labute approximate surface area is 124 Å². The number of nitrogens with one attached hydrogen (secondary N) is 1. The zero-order chi connectivity index (χ0) is 14.4. The number of nitrogens with zero attached hydrogens (tertiary/aromatic N) is 1. The molecule has 0 amide bonds. The van der Waals surface area contributed by atoms with Crippen LogP contribution in [0.4, 0.5) is 5.69 Å². The minimum atomic E-state index is -0.276. The lowest BCUT2D eigenvalue weighted by atomic mass is 10.1. The summed E-state index contributed by atoms with van der Waals surface area (Å²) in [4.78, 5) is 11.6. The predicted octanol–water partition coefficient (Wildman–Crippen LogP) is 4.00. The van der Waals surface area contributed by atoms with Crippen molar-refractivity contribution >= 4 is 17.4 Å². The molecule has 1 fully saturated rings. The number of para-hydroxylation sites is 1. The molecule has 20 heavy (non-hydrogen) atoms. The molecule has 2 rings (SSSR count). The molecule has 1 aromatic carbocycles. The Bertz CT molecular complexity index is 453. The van der Waals surface area contributed by atoms with E-state index in [0.29, 0.717) is 11.3 Å². The second-order valence-corrected chi connectivity index (χ2v) is 6.46. The monoisotopic (exact) mass is 294 g/mol. The van der Waals surface area contributed by atoms with Crippen molar-refractivity contribution in [3.8, 4) is 0 Å². The van der Waals surface area contributed by atoms with Crippen LogP contribution >= 0.6 is 11.8 Å². The Morgan fingerprint density at radius 2 is 2.05 bits per heavy atom. The van der Waals surface area contributed by atoms with Crippen molar-refractivity contribution in [3.63, 3.8) is 0 Å². The smallest absolute Gasteiger partial charge is 0.282 e. The summed E-state index contributed by atoms with van der Waals surface area (Å²) < 4.78 is 0. The first-order valence-electron chi connectivity index (χ1n) is 7.36. The van der Waals surface area contributed by atoms with Gasteiger partial charge in [-0.3, -0.25) is 10.1 Å². The average Bonchev–Trinajstić information content (AvgIpc) is 2.66. The lowest BCUT2D eigenvalue weighted by Crippen LogP contribution is -2.37. The summed E-state index contributed by atoms with van der Waals surface area (Å²) in [6.45, 7) is 3.08. The van der Waals surface area contributed by atoms with Gasteiger partial charge in [0.15, 0.2) is 0 Å². The van der Waals surface area contributed by atoms with Gasteiger partial charge in [0.25, 0.3) is 5.69 Å². The van der Waals surface area contributed by atoms with Gasteiger partial charge in [-0.05, 0) is 25.5 Å². The fourth-order valence-electron chi connectivity index (χ4n) is 2.78. The van der Waals surface area contributed by atoms with E-state index in [1.54, 1.807) is 23.9 Å². The minimum absolute atomic E-state index is 0.233. The van der Waals surface area contributed by atoms with Crippen molar-refractivity contribution in [1.29, 1.82) is 0 Å². The highest BCUT2D eigenvalue weighted by atomic mass is 32.2. The number of nitro groups is 1. The van der Waals surface area contributed by atoms with Gasteiger partial charge in [-0.1, -0.05) is 38.3 Å². The van der Waals surface area contributed by atoms with Crippen molar-refractivity contribution in [2.45, 2.75) is 55.2 Å². The van der Waals surface area contributed by atoms with E-state index in [0.717, 1.165) is 17.9 Å². The molecule has 4 nitrogen and oxygen atoms in total. The third kappa shape index (κ3) is 3.96. The number of benzene rings is 1. The topological polar surface area (TPSA) is 55.2 Å². The summed E-state index contributed by atoms with van der Waals surface area (Å²) in [5.74, 6) is 0. The number of thioether (sulfide) groups is 1. The Balaban J connectivity index is 2.15. The molecule has 0 spiro atoms. The highest BCUT2D eigenvalue weighted by Crippen LogP contribution is 2.37. The zero-order valence-electron chi connectivity index (χ0n) is 11.9. The maximum atomic E-state index is 11.1. The second kappa shape index (κ2) is 7.64. The number of rotatable bonds is 5. The first-order valence-corrected chi connectivity index (χ1v) is 8.23.